The first-order chi connectivity index (χ1) is 12.7. The highest BCUT2D eigenvalue weighted by Gasteiger charge is 2.28. The van der Waals surface area contributed by atoms with E-state index in [9.17, 15) is 4.79 Å². The van der Waals surface area contributed by atoms with Gasteiger partial charge in [0.15, 0.2) is 5.96 Å². The van der Waals surface area contributed by atoms with Gasteiger partial charge in [0.25, 0.3) is 0 Å². The third-order valence-corrected chi connectivity index (χ3v) is 4.21. The molecule has 0 spiro atoms. The normalized spacial score (nSPS) is 17.1. The van der Waals surface area contributed by atoms with E-state index in [1.165, 1.54) is 0 Å². The molecule has 7 nitrogen and oxygen atoms in total. The monoisotopic (exact) mass is 490 g/mol. The number of piperidine rings is 1. The molecule has 1 saturated heterocycles. The molecule has 0 amide bonds. The lowest BCUT2D eigenvalue weighted by Crippen LogP contribution is -2.48. The fourth-order valence-corrected chi connectivity index (χ4v) is 3.02. The third-order valence-electron chi connectivity index (χ3n) is 4.21. The lowest BCUT2D eigenvalue weighted by molar-refractivity contribution is -0.149. The van der Waals surface area contributed by atoms with Gasteiger partial charge in [0.1, 0.15) is 0 Å². The zero-order valence-electron chi connectivity index (χ0n) is 16.4. The van der Waals surface area contributed by atoms with E-state index >= 15 is 0 Å². The summed E-state index contributed by atoms with van der Waals surface area (Å²) in [7, 11) is 0. The van der Waals surface area contributed by atoms with Crippen LogP contribution in [0, 0.1) is 5.92 Å². The molecule has 1 atom stereocenters. The topological polar surface area (TPSA) is 76.1 Å². The van der Waals surface area contributed by atoms with Crippen LogP contribution in [0.5, 0.6) is 5.88 Å². The van der Waals surface area contributed by atoms with Gasteiger partial charge in [-0.15, -0.1) is 24.0 Å². The summed E-state index contributed by atoms with van der Waals surface area (Å²) in [5, 5.41) is 3.33. The molecule has 152 valence electrons. The van der Waals surface area contributed by atoms with Crippen molar-refractivity contribution in [1.82, 2.24) is 15.2 Å². The van der Waals surface area contributed by atoms with Gasteiger partial charge < -0.3 is 19.7 Å². The summed E-state index contributed by atoms with van der Waals surface area (Å²) < 4.78 is 10.8. The van der Waals surface area contributed by atoms with Crippen LogP contribution in [0.15, 0.2) is 23.3 Å². The average Bonchev–Trinajstić information content (AvgIpc) is 2.67. The summed E-state index contributed by atoms with van der Waals surface area (Å²) in [6.45, 7) is 9.58. The largest absolute Gasteiger partial charge is 0.478 e. The highest BCUT2D eigenvalue weighted by Crippen LogP contribution is 2.19. The third kappa shape index (κ3) is 7.15. The number of likely N-dealkylation sites (tertiary alicyclic amines) is 1. The van der Waals surface area contributed by atoms with Gasteiger partial charge in [0.05, 0.1) is 25.7 Å². The van der Waals surface area contributed by atoms with Crippen molar-refractivity contribution in [3.8, 4) is 5.88 Å². The molecule has 0 aliphatic carbocycles. The van der Waals surface area contributed by atoms with Crippen LogP contribution in [-0.4, -0.2) is 54.7 Å². The van der Waals surface area contributed by atoms with Crippen molar-refractivity contribution in [3.05, 3.63) is 23.9 Å². The number of guanidine groups is 1. The van der Waals surface area contributed by atoms with Crippen LogP contribution in [-0.2, 0) is 16.1 Å². The molecular formula is C19H31IN4O3. The SMILES string of the molecule is CCNC(=NCc1cccnc1OCC)N1CCCC(C(=O)OCC)C1.I. The summed E-state index contributed by atoms with van der Waals surface area (Å²) >= 11 is 0. The lowest BCUT2D eigenvalue weighted by Gasteiger charge is -2.34. The van der Waals surface area contributed by atoms with Crippen molar-refractivity contribution in [2.45, 2.75) is 40.2 Å². The molecular weight excluding hydrogens is 459 g/mol. The molecule has 1 aromatic heterocycles. The quantitative estimate of drug-likeness (QED) is 0.274. The smallest absolute Gasteiger partial charge is 0.310 e. The Morgan fingerprint density at radius 3 is 2.89 bits per heavy atom. The molecule has 8 heteroatoms. The predicted molar refractivity (Wildman–Crippen MR) is 117 cm³/mol. The molecule has 1 unspecified atom stereocenters. The zero-order chi connectivity index (χ0) is 18.8. The Morgan fingerprint density at radius 1 is 1.37 bits per heavy atom. The van der Waals surface area contributed by atoms with Gasteiger partial charge in [0, 0.05) is 31.4 Å². The second-order valence-corrected chi connectivity index (χ2v) is 6.11. The summed E-state index contributed by atoms with van der Waals surface area (Å²) in [6, 6.07) is 3.86. The van der Waals surface area contributed by atoms with Gasteiger partial charge in [-0.2, -0.15) is 0 Å². The summed E-state index contributed by atoms with van der Waals surface area (Å²) in [6.07, 6.45) is 3.54. The fraction of sp³-hybridized carbons (Fsp3) is 0.632. The maximum Gasteiger partial charge on any atom is 0.310 e. The molecule has 0 aromatic carbocycles. The zero-order valence-corrected chi connectivity index (χ0v) is 18.8. The standard InChI is InChI=1S/C19H30N4O3.HI/c1-4-20-19(22-13-15-9-7-11-21-17(15)25-5-2)23-12-8-10-16(14-23)18(24)26-6-3;/h7,9,11,16H,4-6,8,10,12-14H2,1-3H3,(H,20,22);1H. The first kappa shape index (κ1) is 23.5. The van der Waals surface area contributed by atoms with Gasteiger partial charge in [-0.05, 0) is 39.7 Å². The number of halogens is 1. The summed E-state index contributed by atoms with van der Waals surface area (Å²) in [5.41, 5.74) is 0.948. The number of carbonyl (C=O) groups is 1. The average molecular weight is 490 g/mol. The minimum atomic E-state index is -0.112. The molecule has 1 aliphatic rings. The van der Waals surface area contributed by atoms with Crippen molar-refractivity contribution in [2.24, 2.45) is 10.9 Å². The Kier molecular flexibility index (Phi) is 11.1. The van der Waals surface area contributed by atoms with Crippen LogP contribution >= 0.6 is 24.0 Å². The van der Waals surface area contributed by atoms with Gasteiger partial charge in [-0.25, -0.2) is 9.98 Å². The highest BCUT2D eigenvalue weighted by atomic mass is 127. The fourth-order valence-electron chi connectivity index (χ4n) is 3.02. The second kappa shape index (κ2) is 12.7. The maximum absolute atomic E-state index is 12.1. The van der Waals surface area contributed by atoms with Crippen LogP contribution in [0.3, 0.4) is 0 Å². The second-order valence-electron chi connectivity index (χ2n) is 6.11. The minimum Gasteiger partial charge on any atom is -0.478 e. The Morgan fingerprint density at radius 2 is 2.19 bits per heavy atom. The molecule has 0 bridgehead atoms. The molecule has 2 heterocycles. The Labute approximate surface area is 178 Å². The van der Waals surface area contributed by atoms with E-state index in [4.69, 9.17) is 14.5 Å². The molecule has 1 fully saturated rings. The number of hydrogen-bond donors (Lipinski definition) is 1. The molecule has 0 saturated carbocycles. The van der Waals surface area contributed by atoms with Crippen molar-refractivity contribution in [3.63, 3.8) is 0 Å². The van der Waals surface area contributed by atoms with Crippen LogP contribution < -0.4 is 10.1 Å². The van der Waals surface area contributed by atoms with Crippen molar-refractivity contribution in [1.29, 1.82) is 0 Å². The van der Waals surface area contributed by atoms with E-state index in [1.807, 2.05) is 32.9 Å². The number of carbonyl (C=O) groups excluding carboxylic acids is 1. The predicted octanol–water partition coefficient (Wildman–Crippen LogP) is 2.84. The van der Waals surface area contributed by atoms with Crippen molar-refractivity contribution in [2.75, 3.05) is 32.8 Å². The van der Waals surface area contributed by atoms with Crippen LogP contribution in [0.2, 0.25) is 0 Å². The van der Waals surface area contributed by atoms with E-state index in [-0.39, 0.29) is 35.9 Å². The molecule has 1 aromatic rings. The van der Waals surface area contributed by atoms with Crippen LogP contribution in [0.4, 0.5) is 0 Å². The first-order valence-corrected chi connectivity index (χ1v) is 9.46. The van der Waals surface area contributed by atoms with Gasteiger partial charge in [-0.1, -0.05) is 6.07 Å². The van der Waals surface area contributed by atoms with E-state index in [1.54, 1.807) is 6.20 Å². The van der Waals surface area contributed by atoms with Crippen LogP contribution in [0.25, 0.3) is 0 Å². The van der Waals surface area contributed by atoms with Gasteiger partial charge in [0.2, 0.25) is 5.88 Å². The molecule has 1 N–H and O–H groups in total. The first-order valence-electron chi connectivity index (χ1n) is 9.46. The number of aliphatic imine (C=N–C) groups is 1. The van der Waals surface area contributed by atoms with Crippen molar-refractivity contribution < 1.29 is 14.3 Å². The Hall–Kier alpha value is -1.58. The van der Waals surface area contributed by atoms with E-state index in [0.29, 0.717) is 32.2 Å². The minimum absolute atomic E-state index is 0. The van der Waals surface area contributed by atoms with E-state index in [2.05, 4.69) is 15.2 Å². The number of esters is 1. The lowest BCUT2D eigenvalue weighted by atomic mass is 9.98. The number of pyridine rings is 1. The van der Waals surface area contributed by atoms with Crippen LogP contribution in [0.1, 0.15) is 39.2 Å². The number of nitrogens with one attached hydrogen (secondary N) is 1. The van der Waals surface area contributed by atoms with Crippen molar-refractivity contribution >= 4 is 35.9 Å². The number of aromatic nitrogens is 1. The Bertz CT molecular complexity index is 612. The maximum atomic E-state index is 12.1. The number of rotatable bonds is 7. The summed E-state index contributed by atoms with van der Waals surface area (Å²) in [5.74, 6) is 1.23. The molecule has 2 rings (SSSR count). The number of hydrogen-bond acceptors (Lipinski definition) is 5. The highest BCUT2D eigenvalue weighted by molar-refractivity contribution is 14.0. The van der Waals surface area contributed by atoms with Gasteiger partial charge in [-0.3, -0.25) is 4.79 Å². The number of ether oxygens (including phenoxy) is 2. The van der Waals surface area contributed by atoms with Gasteiger partial charge >= 0.3 is 5.97 Å². The Balaban J connectivity index is 0.00000364. The summed E-state index contributed by atoms with van der Waals surface area (Å²) in [4.78, 5) is 23.3. The molecule has 1 aliphatic heterocycles. The van der Waals surface area contributed by atoms with E-state index in [0.717, 1.165) is 37.5 Å². The number of nitrogens with zero attached hydrogens (tertiary/aromatic N) is 3. The molecule has 0 radical (unpaired) electrons. The van der Waals surface area contributed by atoms with E-state index < -0.39 is 0 Å². The molecule has 27 heavy (non-hydrogen) atoms.